The highest BCUT2D eigenvalue weighted by molar-refractivity contribution is 6.13. The molecule has 0 saturated heterocycles. The number of aromatic nitrogens is 1. The zero-order chi connectivity index (χ0) is 32.3. The van der Waals surface area contributed by atoms with Gasteiger partial charge in [-0.1, -0.05) is 115 Å². The van der Waals surface area contributed by atoms with E-state index in [2.05, 4.69) is 132 Å². The monoisotopic (exact) mass is 628 g/mol. The Balaban J connectivity index is 1.16. The van der Waals surface area contributed by atoms with Gasteiger partial charge in [0.2, 0.25) is 5.89 Å². The van der Waals surface area contributed by atoms with Crippen LogP contribution in [0.15, 0.2) is 179 Å². The van der Waals surface area contributed by atoms with Gasteiger partial charge < -0.3 is 13.7 Å². The van der Waals surface area contributed by atoms with E-state index in [1.807, 2.05) is 42.5 Å². The second-order valence-corrected chi connectivity index (χ2v) is 12.4. The van der Waals surface area contributed by atoms with E-state index < -0.39 is 0 Å². The molecule has 0 aliphatic carbocycles. The fourth-order valence-electron chi connectivity index (χ4n) is 7.08. The molecule has 0 fully saturated rings. The molecule has 230 valence electrons. The van der Waals surface area contributed by atoms with Gasteiger partial charge >= 0.3 is 0 Å². The maximum Gasteiger partial charge on any atom is 0.227 e. The number of hydrogen-bond donors (Lipinski definition) is 0. The minimum absolute atomic E-state index is 0.599. The number of hydrogen-bond acceptors (Lipinski definition) is 4. The molecule has 2 aromatic heterocycles. The standard InChI is InChI=1S/C45H28N2O2/c1-3-10-29(11-4-1)30-20-22-34(23-21-30)47(35-24-25-37-33(26-35)19-18-31-12-7-8-15-36(31)37)41-17-9-16-38-39-27-43-40(28-42(39)48-44(38)41)46-45(49-43)32-13-5-2-6-14-32/h1-28H. The van der Waals surface area contributed by atoms with E-state index in [0.29, 0.717) is 5.89 Å². The number of fused-ring (bicyclic) bond motifs is 7. The average molecular weight is 629 g/mol. The average Bonchev–Trinajstić information content (AvgIpc) is 3.76. The van der Waals surface area contributed by atoms with Crippen molar-refractivity contribution >= 4 is 71.6 Å². The number of para-hydroxylation sites is 1. The largest absolute Gasteiger partial charge is 0.454 e. The van der Waals surface area contributed by atoms with E-state index in [1.165, 1.54) is 32.7 Å². The van der Waals surface area contributed by atoms with Crippen molar-refractivity contribution in [2.24, 2.45) is 0 Å². The number of anilines is 3. The van der Waals surface area contributed by atoms with Gasteiger partial charge in [0, 0.05) is 33.8 Å². The van der Waals surface area contributed by atoms with Crippen molar-refractivity contribution in [3.8, 4) is 22.6 Å². The molecule has 4 heteroatoms. The van der Waals surface area contributed by atoms with Crippen molar-refractivity contribution in [1.82, 2.24) is 4.98 Å². The Hall–Kier alpha value is -6.65. The van der Waals surface area contributed by atoms with Crippen LogP contribution in [0.25, 0.3) is 77.2 Å². The van der Waals surface area contributed by atoms with Crippen LogP contribution in [0.3, 0.4) is 0 Å². The molecule has 0 aliphatic rings. The fraction of sp³-hybridized carbons (Fsp3) is 0. The number of rotatable bonds is 5. The first-order valence-corrected chi connectivity index (χ1v) is 16.5. The Kier molecular flexibility index (Phi) is 6.15. The van der Waals surface area contributed by atoms with Crippen molar-refractivity contribution in [3.63, 3.8) is 0 Å². The molecule has 0 bridgehead atoms. The van der Waals surface area contributed by atoms with E-state index >= 15 is 0 Å². The number of benzene rings is 8. The summed E-state index contributed by atoms with van der Waals surface area (Å²) < 4.78 is 13.0. The first kappa shape index (κ1) is 27.5. The first-order chi connectivity index (χ1) is 24.3. The van der Waals surface area contributed by atoms with E-state index in [-0.39, 0.29) is 0 Å². The van der Waals surface area contributed by atoms with Gasteiger partial charge in [0.05, 0.1) is 5.69 Å². The minimum Gasteiger partial charge on any atom is -0.454 e. The molecule has 0 spiro atoms. The minimum atomic E-state index is 0.599. The fourth-order valence-corrected chi connectivity index (χ4v) is 7.08. The van der Waals surface area contributed by atoms with Gasteiger partial charge in [0.1, 0.15) is 11.1 Å². The van der Waals surface area contributed by atoms with Crippen LogP contribution in [0.1, 0.15) is 0 Å². The highest BCUT2D eigenvalue weighted by atomic mass is 16.4. The second-order valence-electron chi connectivity index (χ2n) is 12.4. The molecular weight excluding hydrogens is 601 g/mol. The van der Waals surface area contributed by atoms with Gasteiger partial charge in [-0.05, 0) is 81.2 Å². The highest BCUT2D eigenvalue weighted by Crippen LogP contribution is 2.44. The van der Waals surface area contributed by atoms with Crippen LogP contribution in [0.2, 0.25) is 0 Å². The van der Waals surface area contributed by atoms with Crippen LogP contribution in [0.5, 0.6) is 0 Å². The normalized spacial score (nSPS) is 11.7. The Morgan fingerprint density at radius 2 is 1.08 bits per heavy atom. The molecule has 0 radical (unpaired) electrons. The van der Waals surface area contributed by atoms with Gasteiger partial charge in [0.25, 0.3) is 0 Å². The zero-order valence-electron chi connectivity index (χ0n) is 26.4. The van der Waals surface area contributed by atoms with Crippen molar-refractivity contribution < 1.29 is 8.83 Å². The van der Waals surface area contributed by atoms with Gasteiger partial charge in [-0.3, -0.25) is 0 Å². The lowest BCUT2D eigenvalue weighted by Gasteiger charge is -2.26. The summed E-state index contributed by atoms with van der Waals surface area (Å²) in [6.07, 6.45) is 0. The Morgan fingerprint density at radius 1 is 0.408 bits per heavy atom. The second kappa shape index (κ2) is 11.0. The molecule has 4 nitrogen and oxygen atoms in total. The lowest BCUT2D eigenvalue weighted by Crippen LogP contribution is -2.10. The van der Waals surface area contributed by atoms with Gasteiger partial charge in [-0.15, -0.1) is 0 Å². The number of oxazole rings is 1. The van der Waals surface area contributed by atoms with E-state index in [1.54, 1.807) is 0 Å². The Bertz CT molecular complexity index is 2820. The van der Waals surface area contributed by atoms with Gasteiger partial charge in [-0.2, -0.15) is 0 Å². The maximum absolute atomic E-state index is 6.75. The third-order valence-electron chi connectivity index (χ3n) is 9.47. The lowest BCUT2D eigenvalue weighted by molar-refractivity contribution is 0.620. The first-order valence-electron chi connectivity index (χ1n) is 16.5. The molecule has 0 amide bonds. The van der Waals surface area contributed by atoms with Crippen molar-refractivity contribution in [2.75, 3.05) is 4.90 Å². The molecule has 0 unspecified atom stereocenters. The third-order valence-corrected chi connectivity index (χ3v) is 9.47. The summed E-state index contributed by atoms with van der Waals surface area (Å²) in [5, 5.41) is 6.90. The van der Waals surface area contributed by atoms with Crippen LogP contribution in [0.4, 0.5) is 17.1 Å². The van der Waals surface area contributed by atoms with Crippen LogP contribution in [0, 0.1) is 0 Å². The molecule has 0 aliphatic heterocycles. The van der Waals surface area contributed by atoms with Crippen LogP contribution in [-0.2, 0) is 0 Å². The van der Waals surface area contributed by atoms with Crippen molar-refractivity contribution in [3.05, 3.63) is 170 Å². The molecule has 10 aromatic rings. The summed E-state index contributed by atoms with van der Waals surface area (Å²) in [5.41, 5.74) is 9.41. The van der Waals surface area contributed by atoms with Crippen LogP contribution in [-0.4, -0.2) is 4.98 Å². The van der Waals surface area contributed by atoms with Crippen LogP contribution >= 0.6 is 0 Å². The highest BCUT2D eigenvalue weighted by Gasteiger charge is 2.21. The quantitative estimate of drug-likeness (QED) is 0.178. The van der Waals surface area contributed by atoms with Crippen molar-refractivity contribution in [2.45, 2.75) is 0 Å². The summed E-state index contributed by atoms with van der Waals surface area (Å²) >= 11 is 0. The molecule has 8 aromatic carbocycles. The molecule has 49 heavy (non-hydrogen) atoms. The van der Waals surface area contributed by atoms with E-state index in [0.717, 1.165) is 55.7 Å². The Labute approximate surface area is 282 Å². The Morgan fingerprint density at radius 3 is 1.92 bits per heavy atom. The summed E-state index contributed by atoms with van der Waals surface area (Å²) in [4.78, 5) is 7.10. The van der Waals surface area contributed by atoms with Crippen LogP contribution < -0.4 is 4.90 Å². The third kappa shape index (κ3) is 4.57. The van der Waals surface area contributed by atoms with E-state index in [4.69, 9.17) is 13.8 Å². The predicted molar refractivity (Wildman–Crippen MR) is 202 cm³/mol. The summed E-state index contributed by atoms with van der Waals surface area (Å²) in [5.74, 6) is 0.599. The predicted octanol–water partition coefficient (Wildman–Crippen LogP) is 12.8. The van der Waals surface area contributed by atoms with E-state index in [9.17, 15) is 0 Å². The summed E-state index contributed by atoms with van der Waals surface area (Å²) in [6, 6.07) is 59.3. The molecule has 0 atom stereocenters. The smallest absolute Gasteiger partial charge is 0.227 e. The maximum atomic E-state index is 6.75. The summed E-state index contributed by atoms with van der Waals surface area (Å²) in [7, 11) is 0. The molecule has 0 saturated carbocycles. The topological polar surface area (TPSA) is 42.4 Å². The molecule has 10 rings (SSSR count). The molecule has 0 N–H and O–H groups in total. The van der Waals surface area contributed by atoms with Gasteiger partial charge in [-0.25, -0.2) is 4.98 Å². The van der Waals surface area contributed by atoms with Crippen molar-refractivity contribution in [1.29, 1.82) is 0 Å². The zero-order valence-corrected chi connectivity index (χ0v) is 26.4. The molecular formula is C45H28N2O2. The SMILES string of the molecule is c1ccc(-c2ccc(N(c3ccc4c(ccc5ccccc54)c3)c3cccc4c3oc3cc5nc(-c6ccccc6)oc5cc34)cc2)cc1. The summed E-state index contributed by atoms with van der Waals surface area (Å²) in [6.45, 7) is 0. The molecule has 2 heterocycles. The number of nitrogens with zero attached hydrogens (tertiary/aromatic N) is 2. The van der Waals surface area contributed by atoms with Gasteiger partial charge in [0.15, 0.2) is 11.2 Å². The number of furan rings is 1. The lowest BCUT2D eigenvalue weighted by atomic mass is 10.0.